The van der Waals surface area contributed by atoms with Crippen molar-refractivity contribution in [3.8, 4) is 11.5 Å². The molecule has 0 bridgehead atoms. The molecule has 0 saturated carbocycles. The standard InChI is InChI=1S/C11H16N2O2.C11H14O3.ClH/c1-2-15-10-5-3-9(4-6-10)11(14)13-8-7-12;1-3-13-10-7-5-9(6-8-10)11(12)14-4-2;/h3-6H,2,7-8,12H2,1H3,(H,13,14);5-8H,3-4H2,1-2H3;1H. The Morgan fingerprint density at radius 2 is 1.27 bits per heavy atom. The Morgan fingerprint density at radius 1 is 0.800 bits per heavy atom. The van der Waals surface area contributed by atoms with Gasteiger partial charge in [0.15, 0.2) is 0 Å². The molecule has 166 valence electrons. The van der Waals surface area contributed by atoms with Gasteiger partial charge in [0.2, 0.25) is 0 Å². The third kappa shape index (κ3) is 10.1. The van der Waals surface area contributed by atoms with E-state index in [2.05, 4.69) is 5.32 Å². The van der Waals surface area contributed by atoms with Crippen molar-refractivity contribution in [2.24, 2.45) is 5.73 Å². The van der Waals surface area contributed by atoms with Gasteiger partial charge < -0.3 is 25.3 Å². The molecule has 0 atom stereocenters. The molecule has 0 radical (unpaired) electrons. The molecule has 3 N–H and O–H groups in total. The van der Waals surface area contributed by atoms with E-state index in [0.717, 1.165) is 11.5 Å². The van der Waals surface area contributed by atoms with E-state index in [1.54, 1.807) is 55.5 Å². The second kappa shape index (κ2) is 16.1. The Morgan fingerprint density at radius 3 is 1.67 bits per heavy atom. The normalized spacial score (nSPS) is 9.33. The summed E-state index contributed by atoms with van der Waals surface area (Å²) in [6, 6.07) is 13.9. The summed E-state index contributed by atoms with van der Waals surface area (Å²) in [5.41, 5.74) is 6.45. The van der Waals surface area contributed by atoms with Crippen LogP contribution in [0.4, 0.5) is 0 Å². The summed E-state index contributed by atoms with van der Waals surface area (Å²) in [6.45, 7) is 8.20. The zero-order chi connectivity index (χ0) is 21.5. The SMILES string of the molecule is CCOC(=O)c1ccc(OCC)cc1.CCOc1ccc(C(=O)NCCN)cc1.Cl. The lowest BCUT2D eigenvalue weighted by molar-refractivity contribution is 0.0526. The van der Waals surface area contributed by atoms with Crippen molar-refractivity contribution in [3.05, 3.63) is 59.7 Å². The van der Waals surface area contributed by atoms with Gasteiger partial charge in [0.1, 0.15) is 11.5 Å². The van der Waals surface area contributed by atoms with Crippen LogP contribution in [0.25, 0.3) is 0 Å². The summed E-state index contributed by atoms with van der Waals surface area (Å²) in [5.74, 6) is 1.13. The van der Waals surface area contributed by atoms with Crippen molar-refractivity contribution in [2.45, 2.75) is 20.8 Å². The van der Waals surface area contributed by atoms with E-state index in [-0.39, 0.29) is 24.3 Å². The highest BCUT2D eigenvalue weighted by Gasteiger charge is 2.05. The number of halogens is 1. The van der Waals surface area contributed by atoms with Gasteiger partial charge in [-0.05, 0) is 69.3 Å². The molecule has 0 spiro atoms. The second-order valence-electron chi connectivity index (χ2n) is 5.68. The van der Waals surface area contributed by atoms with Crippen LogP contribution in [0, 0.1) is 0 Å². The molecular formula is C22H31ClN2O5. The molecule has 0 unspecified atom stereocenters. The molecule has 0 fully saturated rings. The van der Waals surface area contributed by atoms with Crippen molar-refractivity contribution in [3.63, 3.8) is 0 Å². The summed E-state index contributed by atoms with van der Waals surface area (Å²) < 4.78 is 15.4. The Kier molecular flexibility index (Phi) is 14.6. The highest BCUT2D eigenvalue weighted by Crippen LogP contribution is 2.13. The van der Waals surface area contributed by atoms with Crippen molar-refractivity contribution >= 4 is 24.3 Å². The summed E-state index contributed by atoms with van der Waals surface area (Å²) in [5, 5.41) is 2.70. The highest BCUT2D eigenvalue weighted by molar-refractivity contribution is 5.94. The van der Waals surface area contributed by atoms with E-state index in [1.807, 2.05) is 13.8 Å². The lowest BCUT2D eigenvalue weighted by Gasteiger charge is -2.05. The molecule has 7 nitrogen and oxygen atoms in total. The molecule has 0 aromatic heterocycles. The zero-order valence-corrected chi connectivity index (χ0v) is 18.5. The molecule has 0 aliphatic carbocycles. The number of benzene rings is 2. The van der Waals surface area contributed by atoms with E-state index in [4.69, 9.17) is 19.9 Å². The van der Waals surface area contributed by atoms with Crippen molar-refractivity contribution in [2.75, 3.05) is 32.9 Å². The smallest absolute Gasteiger partial charge is 0.338 e. The van der Waals surface area contributed by atoms with E-state index < -0.39 is 0 Å². The summed E-state index contributed by atoms with van der Waals surface area (Å²) in [4.78, 5) is 22.7. The number of carbonyl (C=O) groups is 2. The van der Waals surface area contributed by atoms with Gasteiger partial charge in [-0.3, -0.25) is 4.79 Å². The Hall–Kier alpha value is -2.77. The first-order chi connectivity index (χ1) is 14.0. The van der Waals surface area contributed by atoms with Gasteiger partial charge in [0.05, 0.1) is 25.4 Å². The second-order valence-corrected chi connectivity index (χ2v) is 5.68. The molecule has 0 saturated heterocycles. The monoisotopic (exact) mass is 438 g/mol. The van der Waals surface area contributed by atoms with Crippen LogP contribution in [0.5, 0.6) is 11.5 Å². The number of amides is 1. The lowest BCUT2D eigenvalue weighted by atomic mass is 10.2. The number of rotatable bonds is 9. The fourth-order valence-corrected chi connectivity index (χ4v) is 2.23. The minimum Gasteiger partial charge on any atom is -0.494 e. The van der Waals surface area contributed by atoms with Crippen LogP contribution < -0.4 is 20.5 Å². The molecule has 1 amide bonds. The maximum absolute atomic E-state index is 11.5. The van der Waals surface area contributed by atoms with Gasteiger partial charge in [-0.15, -0.1) is 12.4 Å². The minimum absolute atomic E-state index is 0. The van der Waals surface area contributed by atoms with Gasteiger partial charge in [0, 0.05) is 18.7 Å². The summed E-state index contributed by atoms with van der Waals surface area (Å²) in [7, 11) is 0. The van der Waals surface area contributed by atoms with Crippen LogP contribution in [-0.2, 0) is 4.74 Å². The molecule has 2 aromatic carbocycles. The maximum Gasteiger partial charge on any atom is 0.338 e. The number of carbonyl (C=O) groups excluding carboxylic acids is 2. The minimum atomic E-state index is -0.296. The number of hydrogen-bond donors (Lipinski definition) is 2. The fraction of sp³-hybridized carbons (Fsp3) is 0.364. The molecule has 0 aliphatic heterocycles. The van der Waals surface area contributed by atoms with Crippen LogP contribution in [0.2, 0.25) is 0 Å². The van der Waals surface area contributed by atoms with Crippen LogP contribution in [0.1, 0.15) is 41.5 Å². The highest BCUT2D eigenvalue weighted by atomic mass is 35.5. The predicted molar refractivity (Wildman–Crippen MR) is 120 cm³/mol. The van der Waals surface area contributed by atoms with E-state index in [0.29, 0.717) is 44.0 Å². The van der Waals surface area contributed by atoms with Gasteiger partial charge in [-0.25, -0.2) is 4.79 Å². The lowest BCUT2D eigenvalue weighted by Crippen LogP contribution is -2.28. The molecule has 2 aromatic rings. The number of nitrogens with two attached hydrogens (primary N) is 1. The first-order valence-corrected chi connectivity index (χ1v) is 9.66. The third-order valence-electron chi connectivity index (χ3n) is 3.53. The fourth-order valence-electron chi connectivity index (χ4n) is 2.23. The van der Waals surface area contributed by atoms with Gasteiger partial charge in [-0.1, -0.05) is 0 Å². The van der Waals surface area contributed by atoms with Crippen LogP contribution in [0.15, 0.2) is 48.5 Å². The number of nitrogens with one attached hydrogen (secondary N) is 1. The molecule has 0 heterocycles. The molecule has 2 rings (SSSR count). The Bertz CT molecular complexity index is 736. The average molecular weight is 439 g/mol. The molecule has 30 heavy (non-hydrogen) atoms. The van der Waals surface area contributed by atoms with Crippen molar-refractivity contribution < 1.29 is 23.8 Å². The van der Waals surface area contributed by atoms with Gasteiger partial charge in [0.25, 0.3) is 5.91 Å². The summed E-state index contributed by atoms with van der Waals surface area (Å²) >= 11 is 0. The Labute approximate surface area is 184 Å². The van der Waals surface area contributed by atoms with Crippen LogP contribution in [0.3, 0.4) is 0 Å². The van der Waals surface area contributed by atoms with Crippen molar-refractivity contribution in [1.29, 1.82) is 0 Å². The first kappa shape index (κ1) is 27.2. The summed E-state index contributed by atoms with van der Waals surface area (Å²) in [6.07, 6.45) is 0. The number of esters is 1. The Balaban J connectivity index is 0.000000544. The van der Waals surface area contributed by atoms with E-state index >= 15 is 0 Å². The first-order valence-electron chi connectivity index (χ1n) is 9.66. The third-order valence-corrected chi connectivity index (χ3v) is 3.53. The topological polar surface area (TPSA) is 99.9 Å². The molecule has 0 aliphatic rings. The molecular weight excluding hydrogens is 408 g/mol. The number of ether oxygens (including phenoxy) is 3. The van der Waals surface area contributed by atoms with Crippen LogP contribution in [-0.4, -0.2) is 44.8 Å². The van der Waals surface area contributed by atoms with Crippen molar-refractivity contribution in [1.82, 2.24) is 5.32 Å². The van der Waals surface area contributed by atoms with Gasteiger partial charge >= 0.3 is 5.97 Å². The molecule has 8 heteroatoms. The maximum atomic E-state index is 11.5. The van der Waals surface area contributed by atoms with E-state index in [9.17, 15) is 9.59 Å². The average Bonchev–Trinajstić information content (AvgIpc) is 2.74. The van der Waals surface area contributed by atoms with Crippen LogP contribution >= 0.6 is 12.4 Å². The number of hydrogen-bond acceptors (Lipinski definition) is 6. The zero-order valence-electron chi connectivity index (χ0n) is 17.7. The van der Waals surface area contributed by atoms with E-state index in [1.165, 1.54) is 0 Å². The quantitative estimate of drug-likeness (QED) is 0.581. The van der Waals surface area contributed by atoms with Gasteiger partial charge in [-0.2, -0.15) is 0 Å². The predicted octanol–water partition coefficient (Wildman–Crippen LogP) is 3.46. The largest absolute Gasteiger partial charge is 0.494 e.